The summed E-state index contributed by atoms with van der Waals surface area (Å²) in [7, 11) is 1.67. The van der Waals surface area contributed by atoms with Gasteiger partial charge in [-0.15, -0.1) is 0 Å². The summed E-state index contributed by atoms with van der Waals surface area (Å²) in [4.78, 5) is 24.9. The summed E-state index contributed by atoms with van der Waals surface area (Å²) in [6, 6.07) is 16.4. The van der Waals surface area contributed by atoms with E-state index >= 15 is 0 Å². The van der Waals surface area contributed by atoms with E-state index < -0.39 is 0 Å². The van der Waals surface area contributed by atoms with Gasteiger partial charge in [-0.2, -0.15) is 0 Å². The maximum atomic E-state index is 12.2. The number of hydrogen-bond donors (Lipinski definition) is 2. The van der Waals surface area contributed by atoms with E-state index in [1.165, 1.54) is 27.2 Å². The maximum absolute atomic E-state index is 12.2. The molecule has 0 aliphatic heterocycles. The summed E-state index contributed by atoms with van der Waals surface area (Å²) >= 11 is 0. The van der Waals surface area contributed by atoms with Crippen molar-refractivity contribution in [3.8, 4) is 11.1 Å². The van der Waals surface area contributed by atoms with Crippen molar-refractivity contribution in [2.75, 3.05) is 20.2 Å². The van der Waals surface area contributed by atoms with Crippen molar-refractivity contribution < 1.29 is 14.3 Å². The molecule has 3 rings (SSSR count). The van der Waals surface area contributed by atoms with Crippen LogP contribution in [0.25, 0.3) is 11.1 Å². The molecule has 1 aliphatic carbocycles. The molecule has 0 heterocycles. The standard InChI is InChI=1S/C20H23N3O3/c1-23(12-6-11-19(24)22-21)20(25)26-13-18-16-9-4-2-7-14(16)15-8-3-5-10-17(15)18/h2-5,7-10,18H,6,11-13,21H2,1H3,(H,22,24). The number of fused-ring (bicyclic) bond motifs is 3. The average molecular weight is 353 g/mol. The largest absolute Gasteiger partial charge is 0.448 e. The van der Waals surface area contributed by atoms with E-state index in [2.05, 4.69) is 29.7 Å². The van der Waals surface area contributed by atoms with Gasteiger partial charge in [-0.3, -0.25) is 10.2 Å². The predicted molar refractivity (Wildman–Crippen MR) is 99.3 cm³/mol. The second-order valence-corrected chi connectivity index (χ2v) is 6.40. The predicted octanol–water partition coefficient (Wildman–Crippen LogP) is 2.64. The Morgan fingerprint density at radius 2 is 1.65 bits per heavy atom. The number of carbonyl (C=O) groups is 2. The van der Waals surface area contributed by atoms with Crippen molar-refractivity contribution in [1.29, 1.82) is 0 Å². The smallest absolute Gasteiger partial charge is 0.409 e. The van der Waals surface area contributed by atoms with E-state index in [1.807, 2.05) is 24.3 Å². The van der Waals surface area contributed by atoms with Crippen LogP contribution in [0.1, 0.15) is 29.9 Å². The molecule has 1 aliphatic rings. The first-order chi connectivity index (χ1) is 12.6. The molecule has 0 spiro atoms. The molecule has 0 fully saturated rings. The third-order valence-corrected chi connectivity index (χ3v) is 4.71. The Morgan fingerprint density at radius 3 is 2.23 bits per heavy atom. The SMILES string of the molecule is CN(CCCC(=O)NN)C(=O)OCC1c2ccccc2-c2ccccc21. The summed E-state index contributed by atoms with van der Waals surface area (Å²) in [6.45, 7) is 0.727. The fourth-order valence-corrected chi connectivity index (χ4v) is 3.34. The number of carbonyl (C=O) groups excluding carboxylic acids is 2. The van der Waals surface area contributed by atoms with E-state index in [0.29, 0.717) is 19.6 Å². The molecule has 136 valence electrons. The highest BCUT2D eigenvalue weighted by Gasteiger charge is 2.29. The Kier molecular flexibility index (Phi) is 5.53. The quantitative estimate of drug-likeness (QED) is 0.475. The molecule has 2 aromatic carbocycles. The Bertz CT molecular complexity index is 761. The molecule has 6 heteroatoms. The van der Waals surface area contributed by atoms with Crippen molar-refractivity contribution in [2.24, 2.45) is 5.84 Å². The minimum atomic E-state index is -0.389. The van der Waals surface area contributed by atoms with Gasteiger partial charge in [0.05, 0.1) is 0 Å². The van der Waals surface area contributed by atoms with Gasteiger partial charge in [0.25, 0.3) is 0 Å². The molecular formula is C20H23N3O3. The van der Waals surface area contributed by atoms with Gasteiger partial charge in [0.15, 0.2) is 0 Å². The molecule has 0 aromatic heterocycles. The number of ether oxygens (including phenoxy) is 1. The summed E-state index contributed by atoms with van der Waals surface area (Å²) in [6.07, 6.45) is 0.418. The van der Waals surface area contributed by atoms with Crippen LogP contribution in [0, 0.1) is 0 Å². The van der Waals surface area contributed by atoms with Gasteiger partial charge in [-0.05, 0) is 28.7 Å². The lowest BCUT2D eigenvalue weighted by Crippen LogP contribution is -2.32. The number of amides is 2. The average Bonchev–Trinajstić information content (AvgIpc) is 2.99. The molecule has 0 unspecified atom stereocenters. The molecule has 3 N–H and O–H groups in total. The van der Waals surface area contributed by atoms with Gasteiger partial charge in [-0.1, -0.05) is 48.5 Å². The zero-order valence-corrected chi connectivity index (χ0v) is 14.8. The third kappa shape index (κ3) is 3.70. The van der Waals surface area contributed by atoms with Gasteiger partial charge >= 0.3 is 6.09 Å². The highest BCUT2D eigenvalue weighted by molar-refractivity contribution is 5.79. The molecule has 26 heavy (non-hydrogen) atoms. The number of hydrazine groups is 1. The minimum Gasteiger partial charge on any atom is -0.448 e. The molecule has 2 amide bonds. The molecule has 0 radical (unpaired) electrons. The van der Waals surface area contributed by atoms with Crippen LogP contribution >= 0.6 is 0 Å². The summed E-state index contributed by atoms with van der Waals surface area (Å²) in [5.74, 6) is 4.84. The van der Waals surface area contributed by atoms with E-state index in [4.69, 9.17) is 10.6 Å². The van der Waals surface area contributed by atoms with Gasteiger partial charge in [0.1, 0.15) is 6.61 Å². The highest BCUT2D eigenvalue weighted by atomic mass is 16.6. The van der Waals surface area contributed by atoms with Crippen LogP contribution in [0.2, 0.25) is 0 Å². The van der Waals surface area contributed by atoms with Crippen LogP contribution in [0.4, 0.5) is 4.79 Å². The van der Waals surface area contributed by atoms with Crippen molar-refractivity contribution in [1.82, 2.24) is 10.3 Å². The zero-order valence-electron chi connectivity index (χ0n) is 14.8. The van der Waals surface area contributed by atoms with Crippen LogP contribution in [0.3, 0.4) is 0 Å². The van der Waals surface area contributed by atoms with Crippen molar-refractivity contribution in [3.63, 3.8) is 0 Å². The van der Waals surface area contributed by atoms with Crippen molar-refractivity contribution in [2.45, 2.75) is 18.8 Å². The maximum Gasteiger partial charge on any atom is 0.409 e. The van der Waals surface area contributed by atoms with Gasteiger partial charge < -0.3 is 9.64 Å². The Balaban J connectivity index is 1.61. The van der Waals surface area contributed by atoms with E-state index in [-0.39, 0.29) is 24.3 Å². The molecule has 2 aromatic rings. The Hall–Kier alpha value is -2.86. The summed E-state index contributed by atoms with van der Waals surface area (Å²) in [5.41, 5.74) is 6.84. The van der Waals surface area contributed by atoms with E-state index in [9.17, 15) is 9.59 Å². The first-order valence-electron chi connectivity index (χ1n) is 8.67. The van der Waals surface area contributed by atoms with Crippen LogP contribution < -0.4 is 11.3 Å². The number of hydrogen-bond acceptors (Lipinski definition) is 4. The second-order valence-electron chi connectivity index (χ2n) is 6.40. The second kappa shape index (κ2) is 8.01. The van der Waals surface area contributed by atoms with E-state index in [1.54, 1.807) is 7.05 Å². The molecular weight excluding hydrogens is 330 g/mol. The molecule has 0 saturated carbocycles. The highest BCUT2D eigenvalue weighted by Crippen LogP contribution is 2.44. The molecule has 0 saturated heterocycles. The van der Waals surface area contributed by atoms with Crippen LogP contribution in [0.5, 0.6) is 0 Å². The monoisotopic (exact) mass is 353 g/mol. The van der Waals surface area contributed by atoms with Gasteiger partial charge in [0.2, 0.25) is 5.91 Å². The van der Waals surface area contributed by atoms with E-state index in [0.717, 1.165) is 0 Å². The fourth-order valence-electron chi connectivity index (χ4n) is 3.34. The first-order valence-corrected chi connectivity index (χ1v) is 8.67. The van der Waals surface area contributed by atoms with Gasteiger partial charge in [-0.25, -0.2) is 10.6 Å². The number of nitrogens with two attached hydrogens (primary N) is 1. The number of benzene rings is 2. The van der Waals surface area contributed by atoms with Crippen LogP contribution in [0.15, 0.2) is 48.5 Å². The lowest BCUT2D eigenvalue weighted by atomic mass is 9.98. The molecule has 6 nitrogen and oxygen atoms in total. The lowest BCUT2D eigenvalue weighted by Gasteiger charge is -2.19. The number of nitrogens with zero attached hydrogens (tertiary/aromatic N) is 1. The Morgan fingerprint density at radius 1 is 1.08 bits per heavy atom. The van der Waals surface area contributed by atoms with Gasteiger partial charge in [0, 0.05) is 25.9 Å². The topological polar surface area (TPSA) is 84.7 Å². The molecule has 0 atom stereocenters. The summed E-state index contributed by atoms with van der Waals surface area (Å²) < 4.78 is 5.55. The zero-order chi connectivity index (χ0) is 18.5. The third-order valence-electron chi connectivity index (χ3n) is 4.71. The number of rotatable bonds is 6. The fraction of sp³-hybridized carbons (Fsp3) is 0.300. The number of nitrogens with one attached hydrogen (secondary N) is 1. The lowest BCUT2D eigenvalue weighted by molar-refractivity contribution is -0.121. The summed E-state index contributed by atoms with van der Waals surface area (Å²) in [5, 5.41) is 0. The van der Waals surface area contributed by atoms with Crippen LogP contribution in [-0.2, 0) is 9.53 Å². The minimum absolute atomic E-state index is 0.0442. The van der Waals surface area contributed by atoms with Crippen molar-refractivity contribution >= 4 is 12.0 Å². The van der Waals surface area contributed by atoms with Crippen LogP contribution in [-0.4, -0.2) is 37.1 Å². The van der Waals surface area contributed by atoms with Crippen molar-refractivity contribution in [3.05, 3.63) is 59.7 Å². The normalized spacial score (nSPS) is 12.2. The Labute approximate surface area is 152 Å². The molecule has 0 bridgehead atoms. The first kappa shape index (κ1) is 17.9.